The van der Waals surface area contributed by atoms with E-state index < -0.39 is 0 Å². The topological polar surface area (TPSA) is 6.48 Å². The van der Waals surface area contributed by atoms with Crippen LogP contribution in [0, 0.1) is 0 Å². The summed E-state index contributed by atoms with van der Waals surface area (Å²) in [4.78, 5) is 5.30. The number of hydrogen-bond acceptors (Lipinski definition) is 3. The van der Waals surface area contributed by atoms with Gasteiger partial charge in [-0.15, -0.1) is 11.3 Å². The van der Waals surface area contributed by atoms with Gasteiger partial charge in [0.25, 0.3) is 6.71 Å². The maximum Gasteiger partial charge on any atom is 0.264 e. The van der Waals surface area contributed by atoms with Gasteiger partial charge >= 0.3 is 0 Å². The van der Waals surface area contributed by atoms with E-state index in [4.69, 9.17) is 0 Å². The zero-order valence-corrected chi connectivity index (χ0v) is 39.6. The SMILES string of the molecule is CC(C)(C)c1ccc(N2c3ccc(C(C)(C)C)cc3B3c4sc5ccc(C(C)(C)C)cc5c4N(c4ccc5c(c4)C(C)(C)CC5(C)C)c4cc(C(C)(C)C)cc2c43)cc1. The molecule has 9 rings (SSSR count). The highest BCUT2D eigenvalue weighted by Crippen LogP contribution is 2.54. The summed E-state index contributed by atoms with van der Waals surface area (Å²) in [5.74, 6) is 0. The first-order valence-electron chi connectivity index (χ1n) is 22.0. The van der Waals surface area contributed by atoms with Gasteiger partial charge in [-0.3, -0.25) is 0 Å². The highest BCUT2D eigenvalue weighted by Gasteiger charge is 2.48. The predicted molar refractivity (Wildman–Crippen MR) is 261 cm³/mol. The predicted octanol–water partition coefficient (Wildman–Crippen LogP) is 14.1. The monoisotopic (exact) mass is 796 g/mol. The molecule has 0 saturated carbocycles. The van der Waals surface area contributed by atoms with Gasteiger partial charge in [0.2, 0.25) is 0 Å². The van der Waals surface area contributed by atoms with E-state index in [0.29, 0.717) is 0 Å². The van der Waals surface area contributed by atoms with Gasteiger partial charge in [-0.25, -0.2) is 0 Å². The molecule has 59 heavy (non-hydrogen) atoms. The zero-order valence-electron chi connectivity index (χ0n) is 38.7. The Balaban J connectivity index is 1.43. The van der Waals surface area contributed by atoms with Gasteiger partial charge in [0.05, 0.1) is 5.69 Å². The number of rotatable bonds is 2. The van der Waals surface area contributed by atoms with Crippen LogP contribution in [0.25, 0.3) is 10.1 Å². The minimum absolute atomic E-state index is 0.00369. The molecule has 0 spiro atoms. The molecule has 1 aliphatic carbocycles. The first-order chi connectivity index (χ1) is 27.3. The van der Waals surface area contributed by atoms with Crippen molar-refractivity contribution in [1.29, 1.82) is 0 Å². The van der Waals surface area contributed by atoms with Crippen LogP contribution >= 0.6 is 11.3 Å². The molecule has 5 aromatic carbocycles. The maximum absolute atomic E-state index is 2.70. The van der Waals surface area contributed by atoms with E-state index in [1.165, 1.54) is 93.3 Å². The minimum atomic E-state index is -0.0782. The second-order valence-corrected chi connectivity index (χ2v) is 24.6. The molecule has 1 aromatic heterocycles. The summed E-state index contributed by atoms with van der Waals surface area (Å²) in [6.07, 6.45) is 1.15. The third kappa shape index (κ3) is 6.33. The van der Waals surface area contributed by atoms with Crippen molar-refractivity contribution in [3.8, 4) is 0 Å². The molecule has 2 aliphatic heterocycles. The van der Waals surface area contributed by atoms with Gasteiger partial charge in [-0.05, 0) is 138 Å². The summed E-state index contributed by atoms with van der Waals surface area (Å²) in [5, 5.41) is 1.36. The normalized spacial score (nSPS) is 16.9. The van der Waals surface area contributed by atoms with Crippen LogP contribution in [0.2, 0.25) is 0 Å². The van der Waals surface area contributed by atoms with Crippen LogP contribution in [0.1, 0.15) is 151 Å². The molecular weight excluding hydrogens is 731 g/mol. The molecule has 3 aliphatic rings. The Kier molecular flexibility index (Phi) is 8.60. The van der Waals surface area contributed by atoms with E-state index in [9.17, 15) is 0 Å². The summed E-state index contributed by atoms with van der Waals surface area (Å²) in [6, 6.07) is 36.7. The Morgan fingerprint density at radius 1 is 0.492 bits per heavy atom. The van der Waals surface area contributed by atoms with Crippen LogP contribution < -0.4 is 25.5 Å². The molecule has 0 atom stereocenters. The molecular formula is C55H65BN2S. The number of thiophene rings is 1. The average Bonchev–Trinajstić information content (AvgIpc) is 3.59. The van der Waals surface area contributed by atoms with Crippen molar-refractivity contribution in [1.82, 2.24) is 0 Å². The lowest BCUT2D eigenvalue weighted by atomic mass is 9.36. The summed E-state index contributed by atoms with van der Waals surface area (Å²) in [5.41, 5.74) is 19.2. The molecule has 6 aromatic rings. The lowest BCUT2D eigenvalue weighted by molar-refractivity contribution is 0.403. The fourth-order valence-corrected chi connectivity index (χ4v) is 11.9. The molecule has 0 bridgehead atoms. The molecule has 4 heteroatoms. The minimum Gasteiger partial charge on any atom is -0.311 e. The highest BCUT2D eigenvalue weighted by molar-refractivity contribution is 7.33. The number of fused-ring (bicyclic) bond motifs is 7. The van der Waals surface area contributed by atoms with E-state index in [-0.39, 0.29) is 39.2 Å². The third-order valence-electron chi connectivity index (χ3n) is 13.9. The van der Waals surface area contributed by atoms with E-state index in [1.54, 1.807) is 0 Å². The largest absolute Gasteiger partial charge is 0.311 e. The second kappa shape index (κ2) is 12.6. The first kappa shape index (κ1) is 40.1. The summed E-state index contributed by atoms with van der Waals surface area (Å²) in [6.45, 7) is 38.0. The van der Waals surface area contributed by atoms with Gasteiger partial charge in [-0.2, -0.15) is 0 Å². The van der Waals surface area contributed by atoms with Gasteiger partial charge in [0.15, 0.2) is 0 Å². The fraction of sp³-hybridized carbons (Fsp3) is 0.418. The Morgan fingerprint density at radius 2 is 1.02 bits per heavy atom. The van der Waals surface area contributed by atoms with Crippen LogP contribution in [0.15, 0.2) is 91.0 Å². The molecule has 0 radical (unpaired) electrons. The van der Waals surface area contributed by atoms with E-state index in [1.807, 2.05) is 11.3 Å². The van der Waals surface area contributed by atoms with E-state index in [2.05, 4.69) is 212 Å². The Hall–Kier alpha value is -4.28. The van der Waals surface area contributed by atoms with Gasteiger partial charge in [0, 0.05) is 43.3 Å². The standard InChI is InChI=1S/C55H65BN2S/c1-50(2,3)33-17-21-37(22-18-33)57-43-25-19-35(52(7,8)9)28-42(43)56-47-44(57)29-36(53(10,11)12)30-45(47)58(38-23-24-40-41(31-38)55(15,16)32-54(40,13)14)48-39-27-34(51(4,5)6)20-26-46(39)59-49(48)56/h17-31H,32H2,1-16H3. The third-order valence-corrected chi connectivity index (χ3v) is 15.1. The van der Waals surface area contributed by atoms with Crippen molar-refractivity contribution in [2.75, 3.05) is 9.80 Å². The lowest BCUT2D eigenvalue weighted by Gasteiger charge is -2.44. The second-order valence-electron chi connectivity index (χ2n) is 23.6. The number of benzene rings is 5. The Labute approximate surface area is 360 Å². The molecule has 3 heterocycles. The Morgan fingerprint density at radius 3 is 1.63 bits per heavy atom. The summed E-state index contributed by atoms with van der Waals surface area (Å²) >= 11 is 2.01. The molecule has 0 saturated heterocycles. The number of hydrogen-bond donors (Lipinski definition) is 0. The van der Waals surface area contributed by atoms with Crippen molar-refractivity contribution < 1.29 is 0 Å². The maximum atomic E-state index is 2.70. The van der Waals surface area contributed by atoms with Crippen molar-refractivity contribution in [2.45, 2.75) is 150 Å². The van der Waals surface area contributed by atoms with Gasteiger partial charge < -0.3 is 9.80 Å². The first-order valence-corrected chi connectivity index (χ1v) is 22.8. The quantitative estimate of drug-likeness (QED) is 0.161. The van der Waals surface area contributed by atoms with E-state index in [0.717, 1.165) is 6.42 Å². The Bertz CT molecular complexity index is 2680. The van der Waals surface area contributed by atoms with Crippen LogP contribution in [0.5, 0.6) is 0 Å². The van der Waals surface area contributed by atoms with Crippen molar-refractivity contribution in [3.05, 3.63) is 124 Å². The van der Waals surface area contributed by atoms with Crippen LogP contribution in [-0.2, 0) is 32.5 Å². The van der Waals surface area contributed by atoms with Crippen molar-refractivity contribution >= 4 is 78.0 Å². The smallest absolute Gasteiger partial charge is 0.264 e. The van der Waals surface area contributed by atoms with Crippen molar-refractivity contribution in [3.63, 3.8) is 0 Å². The molecule has 304 valence electrons. The molecule has 0 amide bonds. The summed E-state index contributed by atoms with van der Waals surface area (Å²) in [7, 11) is 0. The molecule has 0 N–H and O–H groups in total. The molecule has 0 unspecified atom stereocenters. The van der Waals surface area contributed by atoms with Crippen LogP contribution in [-0.4, -0.2) is 6.71 Å². The average molecular weight is 797 g/mol. The van der Waals surface area contributed by atoms with Crippen LogP contribution in [0.3, 0.4) is 0 Å². The lowest BCUT2D eigenvalue weighted by Crippen LogP contribution is -2.60. The summed E-state index contributed by atoms with van der Waals surface area (Å²) < 4.78 is 2.80. The van der Waals surface area contributed by atoms with Crippen LogP contribution in [0.4, 0.5) is 34.1 Å². The number of anilines is 6. The zero-order chi connectivity index (χ0) is 42.6. The van der Waals surface area contributed by atoms with E-state index >= 15 is 0 Å². The number of nitrogens with zero attached hydrogens (tertiary/aromatic N) is 2. The molecule has 0 fully saturated rings. The van der Waals surface area contributed by atoms with Crippen molar-refractivity contribution in [2.24, 2.45) is 0 Å². The highest BCUT2D eigenvalue weighted by atomic mass is 32.1. The van der Waals surface area contributed by atoms with Gasteiger partial charge in [0.1, 0.15) is 0 Å². The fourth-order valence-electron chi connectivity index (χ4n) is 10.6. The molecule has 2 nitrogen and oxygen atoms in total. The van der Waals surface area contributed by atoms with Gasteiger partial charge in [-0.1, -0.05) is 147 Å².